The van der Waals surface area contributed by atoms with Gasteiger partial charge in [0.1, 0.15) is 0 Å². The molecule has 0 bridgehead atoms. The molecule has 1 fully saturated rings. The van der Waals surface area contributed by atoms with Gasteiger partial charge in [0.05, 0.1) is 0 Å². The summed E-state index contributed by atoms with van der Waals surface area (Å²) in [6, 6.07) is 5.34. The van der Waals surface area contributed by atoms with Gasteiger partial charge in [-0.2, -0.15) is 0 Å². The van der Waals surface area contributed by atoms with Gasteiger partial charge in [0.25, 0.3) is 0 Å². The van der Waals surface area contributed by atoms with Crippen LogP contribution in [0.3, 0.4) is 0 Å². The molecule has 2 aliphatic heterocycles. The Bertz CT molecular complexity index is 605. The van der Waals surface area contributed by atoms with Crippen molar-refractivity contribution in [2.45, 2.75) is 25.8 Å². The summed E-state index contributed by atoms with van der Waals surface area (Å²) >= 11 is 0. The van der Waals surface area contributed by atoms with Gasteiger partial charge in [0.2, 0.25) is 6.79 Å². The average Bonchev–Trinajstić information content (AvgIpc) is 3.20. The molecule has 3 rings (SSSR count). The van der Waals surface area contributed by atoms with E-state index in [1.165, 1.54) is 0 Å². The monoisotopic (exact) mass is 319 g/mol. The zero-order valence-electron chi connectivity index (χ0n) is 13.1. The molecule has 0 aliphatic carbocycles. The lowest BCUT2D eigenvalue weighted by Crippen LogP contribution is -2.43. The summed E-state index contributed by atoms with van der Waals surface area (Å²) < 4.78 is 10.4. The summed E-state index contributed by atoms with van der Waals surface area (Å²) in [6.07, 6.45) is 2.19. The van der Waals surface area contributed by atoms with E-state index >= 15 is 0 Å². The van der Waals surface area contributed by atoms with Crippen LogP contribution in [0.2, 0.25) is 0 Å². The number of carbonyl (C=O) groups is 2. The number of amides is 2. The lowest BCUT2D eigenvalue weighted by molar-refractivity contribution is -0.136. The van der Waals surface area contributed by atoms with Crippen molar-refractivity contribution in [3.63, 3.8) is 0 Å². The molecule has 2 heterocycles. The predicted molar refractivity (Wildman–Crippen MR) is 84.5 cm³/mol. The summed E-state index contributed by atoms with van der Waals surface area (Å²) in [5.74, 6) is -0.100. The lowest BCUT2D eigenvalue weighted by atomic mass is 10.2. The third-order valence-corrected chi connectivity index (χ3v) is 4.24. The van der Waals surface area contributed by atoms with Crippen LogP contribution in [0, 0.1) is 0 Å². The van der Waals surface area contributed by atoms with E-state index in [4.69, 9.17) is 9.47 Å². The molecule has 1 aromatic carbocycles. The van der Waals surface area contributed by atoms with Crippen molar-refractivity contribution < 1.29 is 19.1 Å². The number of hydrogen-bond acceptors (Lipinski definition) is 5. The summed E-state index contributed by atoms with van der Waals surface area (Å²) in [5, 5.41) is 5.28. The van der Waals surface area contributed by atoms with Crippen molar-refractivity contribution >= 4 is 17.5 Å². The maximum absolute atomic E-state index is 12.0. The Balaban J connectivity index is 1.50. The van der Waals surface area contributed by atoms with E-state index in [9.17, 15) is 9.59 Å². The van der Waals surface area contributed by atoms with Crippen molar-refractivity contribution in [2.24, 2.45) is 0 Å². The molecule has 124 valence electrons. The van der Waals surface area contributed by atoms with Crippen LogP contribution in [-0.4, -0.2) is 49.2 Å². The van der Waals surface area contributed by atoms with E-state index in [2.05, 4.69) is 22.5 Å². The minimum absolute atomic E-state index is 0.169. The molecule has 2 amide bonds. The Morgan fingerprint density at radius 1 is 1.26 bits per heavy atom. The van der Waals surface area contributed by atoms with Crippen LogP contribution in [0.25, 0.3) is 0 Å². The van der Waals surface area contributed by atoms with Crippen molar-refractivity contribution in [3.05, 3.63) is 18.2 Å². The van der Waals surface area contributed by atoms with Gasteiger partial charge in [-0.1, -0.05) is 6.92 Å². The average molecular weight is 319 g/mol. The second-order valence-electron chi connectivity index (χ2n) is 5.66. The Morgan fingerprint density at radius 3 is 2.91 bits per heavy atom. The molecule has 2 N–H and O–H groups in total. The Labute approximate surface area is 134 Å². The number of hydrogen-bond donors (Lipinski definition) is 2. The standard InChI is InChI=1S/C16H21N3O4/c1-2-19-7-3-4-12(19)9-17-15(20)16(21)18-11-5-6-13-14(8-11)23-10-22-13/h5-6,8,12H,2-4,7,9-10H2,1H3,(H,17,20)(H,18,21)/t12-/m0/s1. The minimum atomic E-state index is -0.676. The van der Waals surface area contributed by atoms with Crippen LogP contribution in [0.5, 0.6) is 11.5 Å². The van der Waals surface area contributed by atoms with Gasteiger partial charge in [0.15, 0.2) is 11.5 Å². The molecule has 23 heavy (non-hydrogen) atoms. The number of likely N-dealkylation sites (N-methyl/N-ethyl adjacent to an activating group) is 1. The number of benzene rings is 1. The first-order valence-corrected chi connectivity index (χ1v) is 7.90. The van der Waals surface area contributed by atoms with E-state index in [0.717, 1.165) is 25.9 Å². The Hall–Kier alpha value is -2.28. The molecule has 0 aromatic heterocycles. The zero-order valence-corrected chi connectivity index (χ0v) is 13.1. The Morgan fingerprint density at radius 2 is 2.09 bits per heavy atom. The predicted octanol–water partition coefficient (Wildman–Crippen LogP) is 0.954. The Kier molecular flexibility index (Phi) is 4.66. The van der Waals surface area contributed by atoms with Gasteiger partial charge in [-0.3, -0.25) is 14.5 Å². The number of nitrogens with one attached hydrogen (secondary N) is 2. The molecule has 7 nitrogen and oxygen atoms in total. The van der Waals surface area contributed by atoms with Crippen molar-refractivity contribution in [1.82, 2.24) is 10.2 Å². The number of fused-ring (bicyclic) bond motifs is 1. The highest BCUT2D eigenvalue weighted by Crippen LogP contribution is 2.34. The topological polar surface area (TPSA) is 79.9 Å². The number of anilines is 1. The first-order chi connectivity index (χ1) is 11.2. The molecule has 7 heteroatoms. The van der Waals surface area contributed by atoms with Crippen LogP contribution >= 0.6 is 0 Å². The number of nitrogens with zero attached hydrogens (tertiary/aromatic N) is 1. The van der Waals surface area contributed by atoms with Gasteiger partial charge in [-0.15, -0.1) is 0 Å². The lowest BCUT2D eigenvalue weighted by Gasteiger charge is -2.22. The SMILES string of the molecule is CCN1CCC[C@H]1CNC(=O)C(=O)Nc1ccc2c(c1)OCO2. The third kappa shape index (κ3) is 3.56. The number of carbonyl (C=O) groups excluding carboxylic acids is 2. The molecule has 0 radical (unpaired) electrons. The molecule has 0 saturated carbocycles. The molecule has 1 atom stereocenters. The zero-order chi connectivity index (χ0) is 16.2. The number of rotatable bonds is 4. The first-order valence-electron chi connectivity index (χ1n) is 7.90. The fourth-order valence-corrected chi connectivity index (χ4v) is 3.00. The molecule has 2 aliphatic rings. The first kappa shape index (κ1) is 15.6. The highest BCUT2D eigenvalue weighted by Gasteiger charge is 2.24. The smallest absolute Gasteiger partial charge is 0.313 e. The number of likely N-dealkylation sites (tertiary alicyclic amines) is 1. The van der Waals surface area contributed by atoms with Crippen LogP contribution in [0.1, 0.15) is 19.8 Å². The molecule has 1 aromatic rings. The van der Waals surface area contributed by atoms with E-state index in [0.29, 0.717) is 29.8 Å². The highest BCUT2D eigenvalue weighted by molar-refractivity contribution is 6.39. The van der Waals surface area contributed by atoms with E-state index in [1.807, 2.05) is 0 Å². The quantitative estimate of drug-likeness (QED) is 0.808. The largest absolute Gasteiger partial charge is 0.454 e. The van der Waals surface area contributed by atoms with Crippen molar-refractivity contribution in [2.75, 3.05) is 31.7 Å². The van der Waals surface area contributed by atoms with E-state index < -0.39 is 11.8 Å². The molecular weight excluding hydrogens is 298 g/mol. The van der Waals surface area contributed by atoms with Crippen molar-refractivity contribution in [3.8, 4) is 11.5 Å². The van der Waals surface area contributed by atoms with Gasteiger partial charge in [0, 0.05) is 24.3 Å². The van der Waals surface area contributed by atoms with E-state index in [1.54, 1.807) is 18.2 Å². The third-order valence-electron chi connectivity index (χ3n) is 4.24. The second kappa shape index (κ2) is 6.87. The van der Waals surface area contributed by atoms with Gasteiger partial charge >= 0.3 is 11.8 Å². The maximum atomic E-state index is 12.0. The van der Waals surface area contributed by atoms with Crippen molar-refractivity contribution in [1.29, 1.82) is 0 Å². The molecule has 0 unspecified atom stereocenters. The summed E-state index contributed by atoms with van der Waals surface area (Å²) in [6.45, 7) is 4.79. The summed E-state index contributed by atoms with van der Waals surface area (Å²) in [7, 11) is 0. The fraction of sp³-hybridized carbons (Fsp3) is 0.500. The molecular formula is C16H21N3O4. The molecule has 1 saturated heterocycles. The minimum Gasteiger partial charge on any atom is -0.454 e. The normalized spacial score (nSPS) is 19.6. The van der Waals surface area contributed by atoms with Gasteiger partial charge < -0.3 is 20.1 Å². The summed E-state index contributed by atoms with van der Waals surface area (Å²) in [5.41, 5.74) is 0.505. The summed E-state index contributed by atoms with van der Waals surface area (Å²) in [4.78, 5) is 26.2. The van der Waals surface area contributed by atoms with Gasteiger partial charge in [-0.25, -0.2) is 0 Å². The van der Waals surface area contributed by atoms with Crippen LogP contribution < -0.4 is 20.1 Å². The van der Waals surface area contributed by atoms with Crippen LogP contribution in [0.4, 0.5) is 5.69 Å². The van der Waals surface area contributed by atoms with Crippen LogP contribution in [-0.2, 0) is 9.59 Å². The van der Waals surface area contributed by atoms with Gasteiger partial charge in [-0.05, 0) is 38.1 Å². The van der Waals surface area contributed by atoms with Crippen LogP contribution in [0.15, 0.2) is 18.2 Å². The van der Waals surface area contributed by atoms with E-state index in [-0.39, 0.29) is 6.79 Å². The fourth-order valence-electron chi connectivity index (χ4n) is 3.00. The highest BCUT2D eigenvalue weighted by atomic mass is 16.7. The number of ether oxygens (including phenoxy) is 2. The second-order valence-corrected chi connectivity index (χ2v) is 5.66. The molecule has 0 spiro atoms. The maximum Gasteiger partial charge on any atom is 0.313 e.